The quantitative estimate of drug-likeness (QED) is 0.0594. The normalized spacial score (nSPS) is 13.3. The second-order valence-electron chi connectivity index (χ2n) is 13.1. The van der Waals surface area contributed by atoms with Gasteiger partial charge in [0.05, 0.1) is 61.4 Å². The Kier molecular flexibility index (Phi) is 15.2. The molecule has 294 valence electrons. The van der Waals surface area contributed by atoms with E-state index in [9.17, 15) is 4.79 Å². The van der Waals surface area contributed by atoms with E-state index in [0.717, 1.165) is 54.5 Å². The lowest BCUT2D eigenvalue weighted by atomic mass is 10.1. The van der Waals surface area contributed by atoms with Crippen molar-refractivity contribution < 1.29 is 42.7 Å². The van der Waals surface area contributed by atoms with Crippen LogP contribution >= 0.6 is 0 Å². The lowest BCUT2D eigenvalue weighted by molar-refractivity contribution is 0.0935. The van der Waals surface area contributed by atoms with Gasteiger partial charge in [0.1, 0.15) is 6.17 Å². The molecule has 4 aromatic carbocycles. The molecule has 0 saturated heterocycles. The monoisotopic (exact) mass is 754 g/mol. The number of carbonyl (C=O) groups is 1. The van der Waals surface area contributed by atoms with Gasteiger partial charge in [-0.25, -0.2) is 0 Å². The molecule has 1 aliphatic rings. The molecule has 1 aliphatic heterocycles. The molecule has 1 atom stereocenters. The molecule has 0 radical (unpaired) electrons. The van der Waals surface area contributed by atoms with E-state index >= 15 is 0 Å². The highest BCUT2D eigenvalue weighted by Gasteiger charge is 2.25. The van der Waals surface area contributed by atoms with E-state index in [4.69, 9.17) is 37.9 Å². The molecule has 0 aromatic heterocycles. The number of ether oxygens (including phenoxy) is 8. The summed E-state index contributed by atoms with van der Waals surface area (Å²) in [7, 11) is 9.67. The van der Waals surface area contributed by atoms with Gasteiger partial charge in [-0.1, -0.05) is 68.9 Å². The van der Waals surface area contributed by atoms with Crippen molar-refractivity contribution in [3.63, 3.8) is 0 Å². The number of rotatable bonds is 22. The fourth-order valence-electron chi connectivity index (χ4n) is 6.51. The van der Waals surface area contributed by atoms with Crippen LogP contribution in [0.25, 0.3) is 12.2 Å². The summed E-state index contributed by atoms with van der Waals surface area (Å²) < 4.78 is 45.6. The van der Waals surface area contributed by atoms with Crippen LogP contribution in [0.5, 0.6) is 46.0 Å². The van der Waals surface area contributed by atoms with E-state index in [2.05, 4.69) is 10.6 Å². The molecule has 0 spiro atoms. The Hall–Kier alpha value is -5.71. The summed E-state index contributed by atoms with van der Waals surface area (Å²) in [4.78, 5) is 12.6. The van der Waals surface area contributed by atoms with Crippen molar-refractivity contribution in [3.05, 3.63) is 89.0 Å². The van der Waals surface area contributed by atoms with Gasteiger partial charge in [0, 0.05) is 5.69 Å². The van der Waals surface area contributed by atoms with Crippen molar-refractivity contribution in [2.75, 3.05) is 61.2 Å². The molecular weight excluding hydrogens is 700 g/mol. The van der Waals surface area contributed by atoms with Gasteiger partial charge in [0.15, 0.2) is 34.5 Å². The van der Waals surface area contributed by atoms with Gasteiger partial charge in [0.2, 0.25) is 11.5 Å². The van der Waals surface area contributed by atoms with E-state index < -0.39 is 0 Å². The summed E-state index contributed by atoms with van der Waals surface area (Å²) in [6, 6.07) is 20.9. The molecule has 11 heteroatoms. The lowest BCUT2D eigenvalue weighted by Crippen LogP contribution is -2.38. The molecule has 0 aliphatic carbocycles. The molecular formula is C44H54N2O9. The third-order valence-electron chi connectivity index (χ3n) is 9.45. The van der Waals surface area contributed by atoms with Crippen LogP contribution in [0.4, 0.5) is 5.69 Å². The van der Waals surface area contributed by atoms with Gasteiger partial charge in [0.25, 0.3) is 5.91 Å². The molecule has 5 rings (SSSR count). The number of anilines is 1. The Bertz CT molecular complexity index is 1840. The van der Waals surface area contributed by atoms with Crippen molar-refractivity contribution in [2.45, 2.75) is 57.5 Å². The van der Waals surface area contributed by atoms with Crippen LogP contribution in [-0.2, 0) is 0 Å². The first-order chi connectivity index (χ1) is 26.9. The van der Waals surface area contributed by atoms with Crippen molar-refractivity contribution >= 4 is 23.7 Å². The smallest absolute Gasteiger partial charge is 0.255 e. The van der Waals surface area contributed by atoms with Crippen LogP contribution in [-0.4, -0.2) is 61.8 Å². The van der Waals surface area contributed by atoms with Gasteiger partial charge in [-0.05, 0) is 78.1 Å². The average Bonchev–Trinajstić information content (AvgIpc) is 3.22. The number of unbranched alkanes of at least 4 members (excludes halogenated alkanes) is 7. The second kappa shape index (κ2) is 20.7. The van der Waals surface area contributed by atoms with E-state index in [1.165, 1.54) is 19.3 Å². The zero-order valence-electron chi connectivity index (χ0n) is 32.8. The molecule has 0 saturated carbocycles. The largest absolute Gasteiger partial charge is 0.493 e. The van der Waals surface area contributed by atoms with Gasteiger partial charge < -0.3 is 48.5 Å². The lowest BCUT2D eigenvalue weighted by Gasteiger charge is -2.28. The molecule has 1 heterocycles. The van der Waals surface area contributed by atoms with Gasteiger partial charge >= 0.3 is 0 Å². The molecule has 11 nitrogen and oxygen atoms in total. The van der Waals surface area contributed by atoms with Crippen LogP contribution in [0.2, 0.25) is 0 Å². The predicted molar refractivity (Wildman–Crippen MR) is 216 cm³/mol. The minimum atomic E-state index is -0.347. The molecule has 1 amide bonds. The maximum atomic E-state index is 12.6. The summed E-state index contributed by atoms with van der Waals surface area (Å²) in [6.45, 7) is 1.20. The zero-order chi connectivity index (χ0) is 39.0. The first-order valence-electron chi connectivity index (χ1n) is 18.8. The Morgan fingerprint density at radius 2 is 1.02 bits per heavy atom. The fourth-order valence-corrected chi connectivity index (χ4v) is 6.51. The Morgan fingerprint density at radius 1 is 0.509 bits per heavy atom. The number of fused-ring (bicyclic) bond motifs is 1. The number of hydrogen-bond acceptors (Lipinski definition) is 10. The number of para-hydroxylation sites is 1. The van der Waals surface area contributed by atoms with Gasteiger partial charge in [-0.2, -0.15) is 0 Å². The summed E-state index contributed by atoms with van der Waals surface area (Å²) in [5.74, 6) is 4.79. The van der Waals surface area contributed by atoms with Crippen molar-refractivity contribution in [2.24, 2.45) is 0 Å². The first-order valence-corrected chi connectivity index (χ1v) is 18.8. The Labute approximate surface area is 324 Å². The Balaban J connectivity index is 0.982. The Morgan fingerprint density at radius 3 is 1.56 bits per heavy atom. The molecule has 0 fully saturated rings. The highest BCUT2D eigenvalue weighted by molar-refractivity contribution is 6.01. The summed E-state index contributed by atoms with van der Waals surface area (Å²) >= 11 is 0. The number of amides is 1. The van der Waals surface area contributed by atoms with Crippen LogP contribution in [0, 0.1) is 0 Å². The third-order valence-corrected chi connectivity index (χ3v) is 9.45. The molecule has 55 heavy (non-hydrogen) atoms. The van der Waals surface area contributed by atoms with Crippen LogP contribution in [0.3, 0.4) is 0 Å². The number of hydrogen-bond donors (Lipinski definition) is 2. The van der Waals surface area contributed by atoms with Crippen molar-refractivity contribution in [1.29, 1.82) is 0 Å². The SMILES string of the molecule is COc1cc(C2NC(=O)c3ccccc3N2)ccc1OCCCCCCCCCCOc1c(OC)cc(C=Cc2cc(OC)c(OC)c(OC)c2)cc1OC. The standard InChI is InChI=1S/C44H54N2O9/c1-48-36-29-32(43-45-34-18-14-13-17-33(34)44(47)46-43)21-22-35(36)54-23-15-11-9-7-8-10-12-16-24-55-42-39(51-4)27-31(28-40(42)52-5)20-19-30-25-37(49-2)41(53-6)38(26-30)50-3/h13-14,17-22,25-29,43,45H,7-12,15-16,23-24H2,1-6H3,(H,46,47). The van der Waals surface area contributed by atoms with Gasteiger partial charge in [-0.15, -0.1) is 0 Å². The minimum absolute atomic E-state index is 0.104. The molecule has 0 bridgehead atoms. The van der Waals surface area contributed by atoms with Crippen LogP contribution in [0.1, 0.15) is 84.6 Å². The maximum Gasteiger partial charge on any atom is 0.255 e. The zero-order valence-corrected chi connectivity index (χ0v) is 32.8. The van der Waals surface area contributed by atoms with E-state index in [-0.39, 0.29) is 12.1 Å². The summed E-state index contributed by atoms with van der Waals surface area (Å²) in [6.07, 6.45) is 12.4. The molecule has 2 N–H and O–H groups in total. The average molecular weight is 755 g/mol. The fraction of sp³-hybridized carbons (Fsp3) is 0.386. The minimum Gasteiger partial charge on any atom is -0.493 e. The second-order valence-corrected chi connectivity index (χ2v) is 13.1. The van der Waals surface area contributed by atoms with Crippen molar-refractivity contribution in [3.8, 4) is 46.0 Å². The van der Waals surface area contributed by atoms with E-state index in [0.29, 0.717) is 64.8 Å². The van der Waals surface area contributed by atoms with Crippen molar-refractivity contribution in [1.82, 2.24) is 5.32 Å². The topological polar surface area (TPSA) is 115 Å². The number of carbonyl (C=O) groups excluding carboxylic acids is 1. The van der Waals surface area contributed by atoms with E-state index in [1.807, 2.05) is 78.9 Å². The summed E-state index contributed by atoms with van der Waals surface area (Å²) in [5, 5.41) is 6.39. The predicted octanol–water partition coefficient (Wildman–Crippen LogP) is 9.34. The molecule has 4 aromatic rings. The maximum absolute atomic E-state index is 12.6. The third kappa shape index (κ3) is 10.7. The van der Waals surface area contributed by atoms with E-state index in [1.54, 1.807) is 42.7 Å². The summed E-state index contributed by atoms with van der Waals surface area (Å²) in [5.41, 5.74) is 4.13. The van der Waals surface area contributed by atoms with Crippen LogP contribution < -0.4 is 48.5 Å². The van der Waals surface area contributed by atoms with Crippen LogP contribution in [0.15, 0.2) is 66.7 Å². The highest BCUT2D eigenvalue weighted by Crippen LogP contribution is 2.41. The van der Waals surface area contributed by atoms with Gasteiger partial charge in [-0.3, -0.25) is 4.79 Å². The number of methoxy groups -OCH3 is 6. The first kappa shape index (κ1) is 40.5. The number of benzene rings is 4. The number of nitrogens with one attached hydrogen (secondary N) is 2. The highest BCUT2D eigenvalue weighted by atomic mass is 16.5. The molecule has 1 unspecified atom stereocenters.